The SMILES string of the molecule is CCNC(=S)N(Cc1cnc(S(=O)(=O)Cc2cccc(Cl)c2)n1C(C)C)C(C)C. The third-order valence-corrected chi connectivity index (χ3v) is 6.61. The fourth-order valence-corrected chi connectivity index (χ4v) is 5.32. The summed E-state index contributed by atoms with van der Waals surface area (Å²) in [7, 11) is -3.65. The lowest BCUT2D eigenvalue weighted by Crippen LogP contribution is -2.43. The van der Waals surface area contributed by atoms with Crippen molar-refractivity contribution >= 4 is 38.8 Å². The molecule has 0 radical (unpaired) electrons. The van der Waals surface area contributed by atoms with Gasteiger partial charge in [-0.25, -0.2) is 13.4 Å². The standard InChI is InChI=1S/C20H29ClN4O2S2/c1-6-22-19(28)24(14(2)3)12-18-11-23-20(25(18)15(4)5)29(26,27)13-16-8-7-9-17(21)10-16/h7-11,14-15H,6,12-13H2,1-5H3,(H,22,28). The first-order valence-electron chi connectivity index (χ1n) is 9.64. The van der Waals surface area contributed by atoms with Crippen LogP contribution in [0.3, 0.4) is 0 Å². The zero-order chi connectivity index (χ0) is 21.8. The molecule has 0 aliphatic carbocycles. The first kappa shape index (κ1) is 23.6. The van der Waals surface area contributed by atoms with E-state index in [2.05, 4.69) is 24.1 Å². The summed E-state index contributed by atoms with van der Waals surface area (Å²) in [6.45, 7) is 11.2. The molecular formula is C20H29ClN4O2S2. The molecule has 0 atom stereocenters. The molecule has 0 bridgehead atoms. The zero-order valence-electron chi connectivity index (χ0n) is 17.5. The lowest BCUT2D eigenvalue weighted by atomic mass is 10.2. The Bertz CT molecular complexity index is 955. The van der Waals surface area contributed by atoms with Gasteiger partial charge in [-0.05, 0) is 64.5 Å². The number of sulfone groups is 1. The molecule has 0 saturated carbocycles. The van der Waals surface area contributed by atoms with Gasteiger partial charge in [0, 0.05) is 23.7 Å². The van der Waals surface area contributed by atoms with Gasteiger partial charge in [-0.15, -0.1) is 0 Å². The van der Waals surface area contributed by atoms with E-state index in [4.69, 9.17) is 23.8 Å². The van der Waals surface area contributed by atoms with Crippen molar-refractivity contribution in [3.8, 4) is 0 Å². The number of rotatable bonds is 8. The van der Waals surface area contributed by atoms with Gasteiger partial charge in [0.25, 0.3) is 0 Å². The summed E-state index contributed by atoms with van der Waals surface area (Å²) >= 11 is 11.5. The highest BCUT2D eigenvalue weighted by atomic mass is 35.5. The van der Waals surface area contributed by atoms with Crippen molar-refractivity contribution in [3.05, 3.63) is 46.7 Å². The van der Waals surface area contributed by atoms with Crippen LogP contribution in [-0.2, 0) is 22.1 Å². The molecule has 1 aromatic heterocycles. The van der Waals surface area contributed by atoms with Crippen molar-refractivity contribution in [1.82, 2.24) is 19.8 Å². The molecule has 29 heavy (non-hydrogen) atoms. The van der Waals surface area contributed by atoms with Gasteiger partial charge >= 0.3 is 0 Å². The Morgan fingerprint density at radius 2 is 2.00 bits per heavy atom. The predicted octanol–water partition coefficient (Wildman–Crippen LogP) is 4.20. The van der Waals surface area contributed by atoms with Crippen LogP contribution >= 0.6 is 23.8 Å². The molecule has 9 heteroatoms. The van der Waals surface area contributed by atoms with Crippen LogP contribution in [0.5, 0.6) is 0 Å². The minimum atomic E-state index is -3.65. The average Bonchev–Trinajstić information content (AvgIpc) is 3.04. The second-order valence-corrected chi connectivity index (χ2v) is 10.1. The van der Waals surface area contributed by atoms with E-state index in [1.54, 1.807) is 35.0 Å². The Kier molecular flexibility index (Phi) is 8.08. The van der Waals surface area contributed by atoms with Crippen LogP contribution in [0.15, 0.2) is 35.6 Å². The average molecular weight is 457 g/mol. The van der Waals surface area contributed by atoms with Crippen molar-refractivity contribution in [2.75, 3.05) is 6.54 Å². The highest BCUT2D eigenvalue weighted by Gasteiger charge is 2.27. The van der Waals surface area contributed by atoms with Crippen LogP contribution in [0, 0.1) is 0 Å². The van der Waals surface area contributed by atoms with Crippen molar-refractivity contribution in [2.45, 2.75) is 64.2 Å². The molecule has 0 fully saturated rings. The molecule has 1 N–H and O–H groups in total. The fourth-order valence-electron chi connectivity index (χ4n) is 3.10. The Morgan fingerprint density at radius 1 is 1.31 bits per heavy atom. The number of nitrogens with one attached hydrogen (secondary N) is 1. The highest BCUT2D eigenvalue weighted by Crippen LogP contribution is 2.24. The minimum absolute atomic E-state index is 0.0700. The summed E-state index contributed by atoms with van der Waals surface area (Å²) in [5.41, 5.74) is 1.44. The van der Waals surface area contributed by atoms with Gasteiger partial charge in [-0.1, -0.05) is 23.7 Å². The van der Waals surface area contributed by atoms with Gasteiger partial charge in [0.15, 0.2) is 5.11 Å². The third-order valence-electron chi connectivity index (χ3n) is 4.42. The lowest BCUT2D eigenvalue weighted by molar-refractivity contribution is 0.323. The van der Waals surface area contributed by atoms with Gasteiger partial charge in [0.2, 0.25) is 15.0 Å². The first-order valence-corrected chi connectivity index (χ1v) is 12.1. The van der Waals surface area contributed by atoms with E-state index < -0.39 is 9.84 Å². The molecule has 0 aliphatic heterocycles. The predicted molar refractivity (Wildman–Crippen MR) is 122 cm³/mol. The molecule has 0 saturated heterocycles. The van der Waals surface area contributed by atoms with Gasteiger partial charge in [0.05, 0.1) is 24.2 Å². The van der Waals surface area contributed by atoms with E-state index in [1.807, 2.05) is 25.7 Å². The normalized spacial score (nSPS) is 11.9. The molecule has 1 aromatic carbocycles. The van der Waals surface area contributed by atoms with Gasteiger partial charge in [0.1, 0.15) is 0 Å². The van der Waals surface area contributed by atoms with Gasteiger partial charge in [-0.2, -0.15) is 0 Å². The smallest absolute Gasteiger partial charge is 0.228 e. The second-order valence-electron chi connectivity index (χ2n) is 7.44. The summed E-state index contributed by atoms with van der Waals surface area (Å²) in [4.78, 5) is 6.33. The number of nitrogens with zero attached hydrogens (tertiary/aromatic N) is 3. The monoisotopic (exact) mass is 456 g/mol. The van der Waals surface area contributed by atoms with E-state index >= 15 is 0 Å². The quantitative estimate of drug-likeness (QED) is 0.600. The van der Waals surface area contributed by atoms with Crippen LogP contribution in [0.25, 0.3) is 0 Å². The zero-order valence-corrected chi connectivity index (χ0v) is 19.9. The number of halogens is 1. The molecule has 0 aliphatic rings. The van der Waals surface area contributed by atoms with Crippen molar-refractivity contribution in [3.63, 3.8) is 0 Å². The number of hydrogen-bond acceptors (Lipinski definition) is 4. The number of thiocarbonyl (C=S) groups is 1. The summed E-state index contributed by atoms with van der Waals surface area (Å²) in [5, 5.41) is 4.39. The molecule has 0 amide bonds. The Morgan fingerprint density at radius 3 is 2.55 bits per heavy atom. The van der Waals surface area contributed by atoms with Crippen molar-refractivity contribution in [1.29, 1.82) is 0 Å². The molecule has 0 spiro atoms. The Labute approximate surface area is 184 Å². The molecule has 160 valence electrons. The van der Waals surface area contributed by atoms with E-state index in [-0.39, 0.29) is 23.0 Å². The highest BCUT2D eigenvalue weighted by molar-refractivity contribution is 7.90. The lowest BCUT2D eigenvalue weighted by Gasteiger charge is -2.30. The molecule has 2 aromatic rings. The third kappa shape index (κ3) is 5.93. The van der Waals surface area contributed by atoms with Crippen molar-refractivity contribution in [2.24, 2.45) is 0 Å². The maximum atomic E-state index is 13.1. The molecule has 6 nitrogen and oxygen atoms in total. The summed E-state index contributed by atoms with van der Waals surface area (Å²) < 4.78 is 28.0. The Balaban J connectivity index is 2.40. The van der Waals surface area contributed by atoms with E-state index in [0.717, 1.165) is 12.2 Å². The summed E-state index contributed by atoms with van der Waals surface area (Å²) in [6, 6.07) is 6.97. The maximum Gasteiger partial charge on any atom is 0.228 e. The topological polar surface area (TPSA) is 67.2 Å². The molecule has 0 unspecified atom stereocenters. The van der Waals surface area contributed by atoms with E-state index in [9.17, 15) is 8.42 Å². The molecule has 1 heterocycles. The van der Waals surface area contributed by atoms with Crippen LogP contribution < -0.4 is 5.32 Å². The molecular weight excluding hydrogens is 428 g/mol. The van der Waals surface area contributed by atoms with Crippen LogP contribution in [0.1, 0.15) is 51.9 Å². The van der Waals surface area contributed by atoms with Crippen molar-refractivity contribution < 1.29 is 8.42 Å². The van der Waals surface area contributed by atoms with Crippen LogP contribution in [0.4, 0.5) is 0 Å². The number of imidazole rings is 1. The van der Waals surface area contributed by atoms with Crippen LogP contribution in [0.2, 0.25) is 5.02 Å². The number of benzene rings is 1. The van der Waals surface area contributed by atoms with E-state index in [1.165, 1.54) is 0 Å². The fraction of sp³-hybridized carbons (Fsp3) is 0.500. The minimum Gasteiger partial charge on any atom is -0.363 e. The van der Waals surface area contributed by atoms with Gasteiger partial charge < -0.3 is 14.8 Å². The first-order chi connectivity index (χ1) is 13.6. The summed E-state index contributed by atoms with van der Waals surface area (Å²) in [6.07, 6.45) is 1.63. The van der Waals surface area contributed by atoms with E-state index in [0.29, 0.717) is 22.2 Å². The largest absolute Gasteiger partial charge is 0.363 e. The van der Waals surface area contributed by atoms with Gasteiger partial charge in [-0.3, -0.25) is 0 Å². The molecule has 2 rings (SSSR count). The number of hydrogen-bond donors (Lipinski definition) is 1. The summed E-state index contributed by atoms with van der Waals surface area (Å²) in [5.74, 6) is -0.152. The Hall–Kier alpha value is -1.64. The van der Waals surface area contributed by atoms with Crippen LogP contribution in [-0.4, -0.2) is 40.6 Å². The number of aromatic nitrogens is 2. The second kappa shape index (κ2) is 9.91. The maximum absolute atomic E-state index is 13.1.